The van der Waals surface area contributed by atoms with Gasteiger partial charge in [0.2, 0.25) is 0 Å². The summed E-state index contributed by atoms with van der Waals surface area (Å²) in [6, 6.07) is 14.9. The molecule has 0 spiro atoms. The Morgan fingerprint density at radius 2 is 1.80 bits per heavy atom. The molecule has 1 heterocycles. The van der Waals surface area contributed by atoms with Gasteiger partial charge in [0.05, 0.1) is 5.52 Å². The molecular formula is C16H11BrClNO. The molecule has 0 saturated heterocycles. The number of aromatic nitrogens is 1. The zero-order valence-electron chi connectivity index (χ0n) is 10.4. The van der Waals surface area contributed by atoms with Gasteiger partial charge in [0, 0.05) is 26.6 Å². The minimum atomic E-state index is -0.724. The highest BCUT2D eigenvalue weighted by Gasteiger charge is 2.15. The van der Waals surface area contributed by atoms with Crippen molar-refractivity contribution in [2.24, 2.45) is 0 Å². The lowest BCUT2D eigenvalue weighted by atomic mass is 9.99. The monoisotopic (exact) mass is 347 g/mol. The third kappa shape index (κ3) is 2.44. The van der Waals surface area contributed by atoms with Gasteiger partial charge in [0.25, 0.3) is 0 Å². The summed E-state index contributed by atoms with van der Waals surface area (Å²) in [5.41, 5.74) is 2.37. The first kappa shape index (κ1) is 13.6. The van der Waals surface area contributed by atoms with E-state index in [4.69, 9.17) is 11.6 Å². The van der Waals surface area contributed by atoms with Gasteiger partial charge in [0.15, 0.2) is 0 Å². The molecule has 3 aromatic rings. The number of pyridine rings is 1. The summed E-state index contributed by atoms with van der Waals surface area (Å²) >= 11 is 9.38. The number of nitrogens with zero attached hydrogens (tertiary/aromatic N) is 1. The Morgan fingerprint density at radius 3 is 2.55 bits per heavy atom. The molecule has 0 radical (unpaired) electrons. The van der Waals surface area contributed by atoms with E-state index in [1.54, 1.807) is 18.3 Å². The van der Waals surface area contributed by atoms with Gasteiger partial charge in [-0.3, -0.25) is 4.98 Å². The molecular weight excluding hydrogens is 338 g/mol. The molecule has 0 bridgehead atoms. The number of hydrogen-bond donors (Lipinski definition) is 1. The molecule has 2 nitrogen and oxygen atoms in total. The molecule has 20 heavy (non-hydrogen) atoms. The number of fused-ring (bicyclic) bond motifs is 1. The number of benzene rings is 2. The third-order valence-electron chi connectivity index (χ3n) is 3.23. The fourth-order valence-corrected chi connectivity index (χ4v) is 2.78. The molecule has 100 valence electrons. The van der Waals surface area contributed by atoms with Crippen LogP contribution >= 0.6 is 27.5 Å². The second-order valence-electron chi connectivity index (χ2n) is 4.49. The van der Waals surface area contributed by atoms with Gasteiger partial charge in [-0.25, -0.2) is 0 Å². The van der Waals surface area contributed by atoms with E-state index in [1.807, 2.05) is 36.4 Å². The molecule has 1 atom stereocenters. The lowest BCUT2D eigenvalue weighted by molar-refractivity contribution is 0.221. The molecule has 0 aliphatic carbocycles. The fraction of sp³-hybridized carbons (Fsp3) is 0.0625. The molecule has 0 aliphatic heterocycles. The van der Waals surface area contributed by atoms with Crippen molar-refractivity contribution in [3.8, 4) is 0 Å². The van der Waals surface area contributed by atoms with Crippen LogP contribution < -0.4 is 0 Å². The second-order valence-corrected chi connectivity index (χ2v) is 5.78. The predicted molar refractivity (Wildman–Crippen MR) is 85.0 cm³/mol. The summed E-state index contributed by atoms with van der Waals surface area (Å²) in [5.74, 6) is 0. The fourth-order valence-electron chi connectivity index (χ4n) is 2.20. The van der Waals surface area contributed by atoms with E-state index in [2.05, 4.69) is 20.9 Å². The van der Waals surface area contributed by atoms with Crippen LogP contribution in [0.3, 0.4) is 0 Å². The topological polar surface area (TPSA) is 33.1 Å². The van der Waals surface area contributed by atoms with Crippen LogP contribution in [0.15, 0.2) is 59.2 Å². The van der Waals surface area contributed by atoms with Crippen LogP contribution in [0.2, 0.25) is 5.02 Å². The van der Waals surface area contributed by atoms with Crippen LogP contribution in [0.25, 0.3) is 10.9 Å². The van der Waals surface area contributed by atoms with Crippen LogP contribution in [0.1, 0.15) is 17.2 Å². The highest BCUT2D eigenvalue weighted by Crippen LogP contribution is 2.32. The Labute approximate surface area is 130 Å². The van der Waals surface area contributed by atoms with Crippen molar-refractivity contribution in [2.45, 2.75) is 6.10 Å². The van der Waals surface area contributed by atoms with Crippen molar-refractivity contribution in [2.75, 3.05) is 0 Å². The van der Waals surface area contributed by atoms with Gasteiger partial charge < -0.3 is 5.11 Å². The van der Waals surface area contributed by atoms with Crippen LogP contribution in [-0.2, 0) is 0 Å². The Kier molecular flexibility index (Phi) is 3.74. The molecule has 1 N–H and O–H groups in total. The van der Waals surface area contributed by atoms with Crippen LogP contribution in [0.4, 0.5) is 0 Å². The first-order chi connectivity index (χ1) is 9.66. The summed E-state index contributed by atoms with van der Waals surface area (Å²) in [6.45, 7) is 0. The number of aliphatic hydroxyl groups excluding tert-OH is 1. The maximum atomic E-state index is 10.6. The Bertz CT molecular complexity index is 758. The maximum Gasteiger partial charge on any atom is 0.106 e. The summed E-state index contributed by atoms with van der Waals surface area (Å²) in [7, 11) is 0. The lowest BCUT2D eigenvalue weighted by Gasteiger charge is -2.14. The van der Waals surface area contributed by atoms with E-state index in [1.165, 1.54) is 0 Å². The van der Waals surface area contributed by atoms with Gasteiger partial charge in [-0.15, -0.1) is 0 Å². The van der Waals surface area contributed by atoms with Gasteiger partial charge in [-0.1, -0.05) is 51.8 Å². The van der Waals surface area contributed by atoms with Gasteiger partial charge >= 0.3 is 0 Å². The Balaban J connectivity index is 2.14. The van der Waals surface area contributed by atoms with Crippen molar-refractivity contribution in [3.63, 3.8) is 0 Å². The molecule has 1 unspecified atom stereocenters. The predicted octanol–water partition coefficient (Wildman–Crippen LogP) is 4.73. The molecule has 0 saturated carbocycles. The molecule has 0 amide bonds. The quantitative estimate of drug-likeness (QED) is 0.726. The normalized spacial score (nSPS) is 12.6. The lowest BCUT2D eigenvalue weighted by Crippen LogP contribution is -2.01. The standard InChI is InChI=1S/C16H11BrClNO/c17-14-8-7-13(15-12(14)2-1-9-19-15)16(20)10-3-5-11(18)6-4-10/h1-9,16,20H. The maximum absolute atomic E-state index is 10.6. The Morgan fingerprint density at radius 1 is 1.05 bits per heavy atom. The number of halogens is 2. The zero-order valence-corrected chi connectivity index (χ0v) is 12.8. The minimum absolute atomic E-state index is 0.653. The molecule has 0 fully saturated rings. The Hall–Kier alpha value is -1.42. The van der Waals surface area contributed by atoms with E-state index >= 15 is 0 Å². The smallest absolute Gasteiger partial charge is 0.106 e. The second kappa shape index (κ2) is 5.52. The summed E-state index contributed by atoms with van der Waals surface area (Å²) < 4.78 is 0.965. The summed E-state index contributed by atoms with van der Waals surface area (Å²) in [6.07, 6.45) is 1.00. The largest absolute Gasteiger partial charge is 0.384 e. The summed E-state index contributed by atoms with van der Waals surface area (Å²) in [5, 5.41) is 12.2. The first-order valence-corrected chi connectivity index (χ1v) is 7.30. The van der Waals surface area contributed by atoms with Crippen molar-refractivity contribution >= 4 is 38.4 Å². The van der Waals surface area contributed by atoms with Crippen molar-refractivity contribution < 1.29 is 5.11 Å². The molecule has 2 aromatic carbocycles. The van der Waals surface area contributed by atoms with Crippen LogP contribution in [0, 0.1) is 0 Å². The average molecular weight is 349 g/mol. The van der Waals surface area contributed by atoms with E-state index in [-0.39, 0.29) is 0 Å². The number of aliphatic hydroxyl groups is 1. The van der Waals surface area contributed by atoms with Crippen molar-refractivity contribution in [1.29, 1.82) is 0 Å². The summed E-state index contributed by atoms with van der Waals surface area (Å²) in [4.78, 5) is 4.39. The molecule has 3 rings (SSSR count). The zero-order chi connectivity index (χ0) is 14.1. The van der Waals surface area contributed by atoms with Gasteiger partial charge in [0.1, 0.15) is 6.10 Å². The third-order valence-corrected chi connectivity index (χ3v) is 4.17. The first-order valence-electron chi connectivity index (χ1n) is 6.13. The number of rotatable bonds is 2. The van der Waals surface area contributed by atoms with E-state index in [9.17, 15) is 5.11 Å². The van der Waals surface area contributed by atoms with Crippen molar-refractivity contribution in [3.05, 3.63) is 75.4 Å². The number of hydrogen-bond acceptors (Lipinski definition) is 2. The van der Waals surface area contributed by atoms with E-state index in [0.717, 1.165) is 26.5 Å². The van der Waals surface area contributed by atoms with Gasteiger partial charge in [-0.05, 0) is 29.8 Å². The average Bonchev–Trinajstić information content (AvgIpc) is 2.48. The van der Waals surface area contributed by atoms with Crippen molar-refractivity contribution in [1.82, 2.24) is 4.98 Å². The van der Waals surface area contributed by atoms with Crippen LogP contribution in [-0.4, -0.2) is 10.1 Å². The van der Waals surface area contributed by atoms with Crippen LogP contribution in [0.5, 0.6) is 0 Å². The highest BCUT2D eigenvalue weighted by atomic mass is 79.9. The molecule has 0 aliphatic rings. The van der Waals surface area contributed by atoms with Gasteiger partial charge in [-0.2, -0.15) is 0 Å². The SMILES string of the molecule is OC(c1ccc(Cl)cc1)c1ccc(Br)c2cccnc12. The minimum Gasteiger partial charge on any atom is -0.384 e. The van der Waals surface area contributed by atoms with E-state index < -0.39 is 6.10 Å². The van der Waals surface area contributed by atoms with E-state index in [0.29, 0.717) is 5.02 Å². The highest BCUT2D eigenvalue weighted by molar-refractivity contribution is 9.10. The molecule has 4 heteroatoms. The molecule has 1 aromatic heterocycles.